The largest absolute Gasteiger partial charge is 0.508 e. The van der Waals surface area contributed by atoms with E-state index in [-0.39, 0.29) is 11.9 Å². The van der Waals surface area contributed by atoms with Gasteiger partial charge in [0.25, 0.3) is 0 Å². The van der Waals surface area contributed by atoms with E-state index in [9.17, 15) is 5.11 Å². The van der Waals surface area contributed by atoms with Gasteiger partial charge in [0.15, 0.2) is 6.17 Å². The summed E-state index contributed by atoms with van der Waals surface area (Å²) in [4.78, 5) is 10.9. The Morgan fingerprint density at radius 3 is 3.04 bits per heavy atom. The number of rotatable bonds is 3. The Balaban J connectivity index is 1.56. The fourth-order valence-electron chi connectivity index (χ4n) is 2.81. The van der Waals surface area contributed by atoms with E-state index in [1.807, 2.05) is 49.1 Å². The highest BCUT2D eigenvalue weighted by molar-refractivity contribution is 5.92. The van der Waals surface area contributed by atoms with Gasteiger partial charge in [-0.3, -0.25) is 9.98 Å². The average Bonchev–Trinajstić information content (AvgIpc) is 3.05. The summed E-state index contributed by atoms with van der Waals surface area (Å²) in [5, 5.41) is 16.2. The summed E-state index contributed by atoms with van der Waals surface area (Å²) in [5.41, 5.74) is 3.00. The molecule has 0 spiro atoms. The van der Waals surface area contributed by atoms with Crippen LogP contribution in [-0.4, -0.2) is 27.0 Å². The van der Waals surface area contributed by atoms with Gasteiger partial charge in [-0.25, -0.2) is 0 Å². The predicted molar refractivity (Wildman–Crippen MR) is 92.5 cm³/mol. The second-order valence-corrected chi connectivity index (χ2v) is 5.58. The lowest BCUT2D eigenvalue weighted by Crippen LogP contribution is -2.49. The van der Waals surface area contributed by atoms with Gasteiger partial charge in [-0.15, -0.1) is 0 Å². The lowest BCUT2D eigenvalue weighted by atomic mass is 10.1. The Hall–Kier alpha value is -3.28. The van der Waals surface area contributed by atoms with Crippen LogP contribution in [0.1, 0.15) is 11.1 Å². The molecule has 6 heteroatoms. The van der Waals surface area contributed by atoms with Crippen LogP contribution in [0.15, 0.2) is 72.4 Å². The molecule has 2 aromatic rings. The number of aromatic nitrogens is 1. The monoisotopic (exact) mass is 319 g/mol. The minimum Gasteiger partial charge on any atom is -0.508 e. The molecule has 6 nitrogen and oxygen atoms in total. The number of amidine groups is 1. The van der Waals surface area contributed by atoms with Crippen molar-refractivity contribution in [3.05, 3.63) is 78.5 Å². The SMILES string of the molecule is Oc1cccc(C2=CNC3C(=NCc4cccnc4)NC=CN23)c1. The second kappa shape index (κ2) is 6.08. The quantitative estimate of drug-likeness (QED) is 0.807. The molecule has 0 saturated heterocycles. The molecule has 0 aliphatic carbocycles. The number of phenols is 1. The molecule has 2 aliphatic heterocycles. The van der Waals surface area contributed by atoms with Crippen LogP contribution in [0.2, 0.25) is 0 Å². The molecule has 0 radical (unpaired) electrons. The van der Waals surface area contributed by atoms with Crippen molar-refractivity contribution in [2.24, 2.45) is 4.99 Å². The fraction of sp³-hybridized carbons (Fsp3) is 0.111. The summed E-state index contributed by atoms with van der Waals surface area (Å²) < 4.78 is 0. The average molecular weight is 319 g/mol. The number of hydrogen-bond acceptors (Lipinski definition) is 5. The van der Waals surface area contributed by atoms with Gasteiger partial charge in [-0.1, -0.05) is 18.2 Å². The summed E-state index contributed by atoms with van der Waals surface area (Å²) >= 11 is 0. The molecule has 3 N–H and O–H groups in total. The molecule has 3 heterocycles. The first-order valence-electron chi connectivity index (χ1n) is 7.72. The molecular weight excluding hydrogens is 302 g/mol. The van der Waals surface area contributed by atoms with Crippen molar-refractivity contribution in [3.63, 3.8) is 0 Å². The highest BCUT2D eigenvalue weighted by Gasteiger charge is 2.31. The number of nitrogens with zero attached hydrogens (tertiary/aromatic N) is 3. The summed E-state index contributed by atoms with van der Waals surface area (Å²) in [5.74, 6) is 1.09. The van der Waals surface area contributed by atoms with Crippen molar-refractivity contribution in [1.82, 2.24) is 20.5 Å². The minimum absolute atomic E-state index is 0.0796. The molecule has 1 aromatic carbocycles. The second-order valence-electron chi connectivity index (χ2n) is 5.58. The lowest BCUT2D eigenvalue weighted by molar-refractivity contribution is 0.448. The van der Waals surface area contributed by atoms with Crippen LogP contribution in [0, 0.1) is 0 Å². The number of hydrogen-bond donors (Lipinski definition) is 3. The summed E-state index contributed by atoms with van der Waals surface area (Å²) in [6.07, 6.45) is 9.26. The number of fused-ring (bicyclic) bond motifs is 1. The van der Waals surface area contributed by atoms with Gasteiger partial charge in [-0.2, -0.15) is 0 Å². The van der Waals surface area contributed by atoms with E-state index in [1.165, 1.54) is 0 Å². The van der Waals surface area contributed by atoms with E-state index in [1.54, 1.807) is 18.3 Å². The first-order chi connectivity index (χ1) is 11.8. The van der Waals surface area contributed by atoms with E-state index < -0.39 is 0 Å². The third-order valence-electron chi connectivity index (χ3n) is 3.96. The molecule has 24 heavy (non-hydrogen) atoms. The Bertz CT molecular complexity index is 828. The topological polar surface area (TPSA) is 72.8 Å². The zero-order chi connectivity index (χ0) is 16.4. The van der Waals surface area contributed by atoms with Crippen LogP contribution in [0.25, 0.3) is 5.70 Å². The van der Waals surface area contributed by atoms with Crippen LogP contribution in [0.4, 0.5) is 0 Å². The van der Waals surface area contributed by atoms with Crippen molar-refractivity contribution < 1.29 is 5.11 Å². The zero-order valence-electron chi connectivity index (χ0n) is 12.9. The van der Waals surface area contributed by atoms with Crippen LogP contribution in [-0.2, 0) is 6.54 Å². The highest BCUT2D eigenvalue weighted by atomic mass is 16.3. The van der Waals surface area contributed by atoms with Crippen LogP contribution in [0.5, 0.6) is 5.75 Å². The molecular formula is C18H17N5O. The lowest BCUT2D eigenvalue weighted by Gasteiger charge is -2.30. The van der Waals surface area contributed by atoms with Gasteiger partial charge in [-0.05, 0) is 23.8 Å². The van der Waals surface area contributed by atoms with Gasteiger partial charge < -0.3 is 20.6 Å². The normalized spacial score (nSPS) is 20.3. The summed E-state index contributed by atoms with van der Waals surface area (Å²) in [6.45, 7) is 0.567. The number of aliphatic imine (C=N–C) groups is 1. The smallest absolute Gasteiger partial charge is 0.162 e. The van der Waals surface area contributed by atoms with E-state index in [4.69, 9.17) is 0 Å². The maximum absolute atomic E-state index is 9.71. The first kappa shape index (κ1) is 14.3. The van der Waals surface area contributed by atoms with Crippen molar-refractivity contribution in [1.29, 1.82) is 0 Å². The van der Waals surface area contributed by atoms with E-state index in [0.29, 0.717) is 6.54 Å². The highest BCUT2D eigenvalue weighted by Crippen LogP contribution is 2.28. The van der Waals surface area contributed by atoms with E-state index in [2.05, 4.69) is 25.5 Å². The maximum atomic E-state index is 9.71. The Labute approximate surface area is 139 Å². The third kappa shape index (κ3) is 2.69. The molecule has 0 amide bonds. The molecule has 1 atom stereocenters. The molecule has 2 aliphatic rings. The molecule has 120 valence electrons. The van der Waals surface area contributed by atoms with Crippen molar-refractivity contribution >= 4 is 11.5 Å². The fourth-order valence-corrected chi connectivity index (χ4v) is 2.81. The van der Waals surface area contributed by atoms with Crippen LogP contribution in [0.3, 0.4) is 0 Å². The van der Waals surface area contributed by atoms with Gasteiger partial charge in [0, 0.05) is 36.6 Å². The third-order valence-corrected chi connectivity index (χ3v) is 3.96. The van der Waals surface area contributed by atoms with Gasteiger partial charge in [0.05, 0.1) is 12.2 Å². The summed E-state index contributed by atoms with van der Waals surface area (Å²) in [6, 6.07) is 11.1. The zero-order valence-corrected chi connectivity index (χ0v) is 12.9. The Morgan fingerprint density at radius 2 is 2.21 bits per heavy atom. The van der Waals surface area contributed by atoms with Crippen molar-refractivity contribution in [3.8, 4) is 5.75 Å². The number of pyridine rings is 1. The standard InChI is InChI=1S/C18H17N5O/c24-15-5-1-4-14(9-15)16-12-22-18-17(20-7-8-23(16)18)21-11-13-3-2-6-19-10-13/h1-10,12,18,22,24H,11H2,(H,20,21). The molecule has 1 aromatic heterocycles. The van der Waals surface area contributed by atoms with Gasteiger partial charge in [0.2, 0.25) is 0 Å². The van der Waals surface area contributed by atoms with Gasteiger partial charge >= 0.3 is 0 Å². The number of benzene rings is 1. The van der Waals surface area contributed by atoms with Gasteiger partial charge in [0.1, 0.15) is 11.6 Å². The molecule has 4 rings (SSSR count). The Morgan fingerprint density at radius 1 is 1.25 bits per heavy atom. The van der Waals surface area contributed by atoms with Crippen molar-refractivity contribution in [2.75, 3.05) is 0 Å². The molecule has 1 unspecified atom stereocenters. The van der Waals surface area contributed by atoms with Crippen LogP contribution < -0.4 is 10.6 Å². The predicted octanol–water partition coefficient (Wildman–Crippen LogP) is 1.99. The number of nitrogens with one attached hydrogen (secondary N) is 2. The minimum atomic E-state index is -0.0796. The van der Waals surface area contributed by atoms with E-state index >= 15 is 0 Å². The van der Waals surface area contributed by atoms with Crippen molar-refractivity contribution in [2.45, 2.75) is 12.7 Å². The Kier molecular flexibility index (Phi) is 3.63. The molecule has 0 bridgehead atoms. The molecule has 0 saturated carbocycles. The number of aromatic hydroxyl groups is 1. The number of phenolic OH excluding ortho intramolecular Hbond substituents is 1. The van der Waals surface area contributed by atoms with E-state index in [0.717, 1.165) is 22.7 Å². The molecule has 0 fully saturated rings. The maximum Gasteiger partial charge on any atom is 0.162 e. The summed E-state index contributed by atoms with van der Waals surface area (Å²) in [7, 11) is 0. The first-order valence-corrected chi connectivity index (χ1v) is 7.72. The van der Waals surface area contributed by atoms with Crippen LogP contribution >= 0.6 is 0 Å².